The highest BCUT2D eigenvalue weighted by Crippen LogP contribution is 2.29. The van der Waals surface area contributed by atoms with E-state index in [-0.39, 0.29) is 5.91 Å². The summed E-state index contributed by atoms with van der Waals surface area (Å²) in [6, 6.07) is 16.3. The molecule has 0 unspecified atom stereocenters. The van der Waals surface area contributed by atoms with Crippen molar-refractivity contribution in [3.05, 3.63) is 72.3 Å². The lowest BCUT2D eigenvalue weighted by atomic mass is 10.0. The van der Waals surface area contributed by atoms with Crippen molar-refractivity contribution in [2.24, 2.45) is 7.05 Å². The predicted molar refractivity (Wildman–Crippen MR) is 121 cm³/mol. The summed E-state index contributed by atoms with van der Waals surface area (Å²) in [5.41, 5.74) is 4.67. The molecule has 1 amide bonds. The first-order chi connectivity index (χ1) is 15.1. The molecular weight excluding hydrogens is 388 g/mol. The Hall–Kier alpha value is -3.74. The number of carbonyl (C=O) groups excluding carboxylic acids is 1. The molecule has 1 aliphatic rings. The van der Waals surface area contributed by atoms with E-state index < -0.39 is 0 Å². The minimum Gasteiger partial charge on any atom is -0.353 e. The van der Waals surface area contributed by atoms with Crippen LogP contribution in [0.2, 0.25) is 0 Å². The summed E-state index contributed by atoms with van der Waals surface area (Å²) in [5.74, 6) is 0.935. The quantitative estimate of drug-likeness (QED) is 0.517. The van der Waals surface area contributed by atoms with E-state index in [0.29, 0.717) is 18.8 Å². The molecule has 0 atom stereocenters. The first-order valence-corrected chi connectivity index (χ1v) is 10.5. The zero-order valence-corrected chi connectivity index (χ0v) is 17.7. The van der Waals surface area contributed by atoms with Crippen molar-refractivity contribution in [3.63, 3.8) is 0 Å². The summed E-state index contributed by atoms with van der Waals surface area (Å²) >= 11 is 0. The summed E-state index contributed by atoms with van der Waals surface area (Å²) in [7, 11) is 1.86. The van der Waals surface area contributed by atoms with Gasteiger partial charge in [-0.25, -0.2) is 4.98 Å². The van der Waals surface area contributed by atoms with E-state index in [1.165, 1.54) is 0 Å². The first kappa shape index (κ1) is 19.2. The van der Waals surface area contributed by atoms with Gasteiger partial charge in [-0.05, 0) is 42.8 Å². The lowest BCUT2D eigenvalue weighted by molar-refractivity contribution is 0.0740. The number of nitrogens with zero attached hydrogens (tertiary/aromatic N) is 6. The lowest BCUT2D eigenvalue weighted by Gasteiger charge is -2.35. The maximum absolute atomic E-state index is 12.8. The summed E-state index contributed by atoms with van der Waals surface area (Å²) in [6.45, 7) is 4.74. The van der Waals surface area contributed by atoms with E-state index in [1.807, 2.05) is 37.1 Å². The number of para-hydroxylation sites is 1. The maximum Gasteiger partial charge on any atom is 0.274 e. The van der Waals surface area contributed by atoms with E-state index in [9.17, 15) is 4.79 Å². The number of anilines is 1. The third kappa shape index (κ3) is 3.63. The predicted octanol–water partition coefficient (Wildman–Crippen LogP) is 3.30. The number of benzene rings is 1. The first-order valence-electron chi connectivity index (χ1n) is 10.5. The standard InChI is InChI=1S/C24H24N6O/c1-17-16-21(27-28(17)2)24(31)30-14-12-29(13-15-30)22-7-6-19-4-3-5-20(23(19)26-22)18-8-10-25-11-9-18/h3-11,16H,12-15H2,1-2H3. The SMILES string of the molecule is Cc1cc(C(=O)N2CCN(c3ccc4cccc(-c5ccncc5)c4n3)CC2)nn1C. The van der Waals surface area contributed by atoms with Crippen molar-refractivity contribution in [3.8, 4) is 11.1 Å². The Bertz CT molecular complexity index is 1220. The van der Waals surface area contributed by atoms with Crippen LogP contribution in [0.1, 0.15) is 16.2 Å². The van der Waals surface area contributed by atoms with E-state index >= 15 is 0 Å². The summed E-state index contributed by atoms with van der Waals surface area (Å²) in [5, 5.41) is 5.44. The van der Waals surface area contributed by atoms with E-state index in [0.717, 1.165) is 46.6 Å². The molecule has 3 aromatic heterocycles. The van der Waals surface area contributed by atoms with Crippen molar-refractivity contribution in [1.29, 1.82) is 0 Å². The van der Waals surface area contributed by atoms with Crippen LogP contribution in [0.3, 0.4) is 0 Å². The number of fused-ring (bicyclic) bond motifs is 1. The molecule has 1 aliphatic heterocycles. The number of aryl methyl sites for hydroxylation is 2. The molecule has 1 fully saturated rings. The number of rotatable bonds is 3. The molecule has 0 N–H and O–H groups in total. The molecule has 7 heteroatoms. The number of pyridine rings is 2. The molecule has 1 saturated heterocycles. The third-order valence-corrected chi connectivity index (χ3v) is 5.92. The second-order valence-electron chi connectivity index (χ2n) is 7.86. The van der Waals surface area contributed by atoms with Gasteiger partial charge in [0.1, 0.15) is 5.82 Å². The summed E-state index contributed by atoms with van der Waals surface area (Å²) in [6.07, 6.45) is 3.61. The van der Waals surface area contributed by atoms with Crippen molar-refractivity contribution in [2.75, 3.05) is 31.1 Å². The average Bonchev–Trinajstić information content (AvgIpc) is 3.16. The Morgan fingerprint density at radius 3 is 2.45 bits per heavy atom. The lowest BCUT2D eigenvalue weighted by Crippen LogP contribution is -2.49. The van der Waals surface area contributed by atoms with Gasteiger partial charge in [0.2, 0.25) is 0 Å². The zero-order chi connectivity index (χ0) is 21.4. The van der Waals surface area contributed by atoms with Gasteiger partial charge in [-0.1, -0.05) is 18.2 Å². The molecule has 0 saturated carbocycles. The number of carbonyl (C=O) groups is 1. The van der Waals surface area contributed by atoms with Crippen LogP contribution in [0, 0.1) is 6.92 Å². The highest BCUT2D eigenvalue weighted by Gasteiger charge is 2.25. The molecule has 4 aromatic rings. The highest BCUT2D eigenvalue weighted by molar-refractivity contribution is 5.94. The van der Waals surface area contributed by atoms with Gasteiger partial charge >= 0.3 is 0 Å². The average molecular weight is 412 g/mol. The van der Waals surface area contributed by atoms with Crippen molar-refractivity contribution < 1.29 is 4.79 Å². The van der Waals surface area contributed by atoms with Gasteiger partial charge in [0, 0.05) is 62.3 Å². The van der Waals surface area contributed by atoms with Gasteiger partial charge in [0.15, 0.2) is 5.69 Å². The van der Waals surface area contributed by atoms with Crippen LogP contribution in [0.5, 0.6) is 0 Å². The zero-order valence-electron chi connectivity index (χ0n) is 17.7. The minimum atomic E-state index is -0.00482. The molecule has 31 heavy (non-hydrogen) atoms. The number of hydrogen-bond acceptors (Lipinski definition) is 5. The molecule has 0 spiro atoms. The van der Waals surface area contributed by atoms with Crippen molar-refractivity contribution in [1.82, 2.24) is 24.6 Å². The van der Waals surface area contributed by atoms with Crippen molar-refractivity contribution >= 4 is 22.6 Å². The summed E-state index contributed by atoms with van der Waals surface area (Å²) < 4.78 is 1.74. The van der Waals surface area contributed by atoms with E-state index in [2.05, 4.69) is 45.3 Å². The van der Waals surface area contributed by atoms with Crippen LogP contribution in [0.25, 0.3) is 22.0 Å². The molecular formula is C24H24N6O. The number of amides is 1. The van der Waals surface area contributed by atoms with Gasteiger partial charge in [-0.3, -0.25) is 14.5 Å². The van der Waals surface area contributed by atoms with Crippen LogP contribution in [0.15, 0.2) is 60.9 Å². The van der Waals surface area contributed by atoms with E-state index in [4.69, 9.17) is 4.98 Å². The van der Waals surface area contributed by atoms with E-state index in [1.54, 1.807) is 17.1 Å². The fraction of sp³-hybridized carbons (Fsp3) is 0.250. The van der Waals surface area contributed by atoms with Crippen LogP contribution in [-0.2, 0) is 7.05 Å². The molecule has 5 rings (SSSR count). The summed E-state index contributed by atoms with van der Waals surface area (Å²) in [4.78, 5) is 26.0. The highest BCUT2D eigenvalue weighted by atomic mass is 16.2. The largest absolute Gasteiger partial charge is 0.353 e. The van der Waals surface area contributed by atoms with Gasteiger partial charge in [0.25, 0.3) is 5.91 Å². The molecule has 7 nitrogen and oxygen atoms in total. The van der Waals surface area contributed by atoms with Crippen LogP contribution < -0.4 is 4.90 Å². The Morgan fingerprint density at radius 1 is 0.968 bits per heavy atom. The normalized spacial score (nSPS) is 14.3. The topological polar surface area (TPSA) is 67.2 Å². The van der Waals surface area contributed by atoms with Crippen LogP contribution in [-0.4, -0.2) is 56.7 Å². The Morgan fingerprint density at radius 2 is 1.74 bits per heavy atom. The molecule has 1 aromatic carbocycles. The number of aromatic nitrogens is 4. The van der Waals surface area contributed by atoms with Gasteiger partial charge in [-0.15, -0.1) is 0 Å². The molecule has 156 valence electrons. The third-order valence-electron chi connectivity index (χ3n) is 5.92. The fourth-order valence-corrected chi connectivity index (χ4v) is 4.04. The van der Waals surface area contributed by atoms with Gasteiger partial charge in [0.05, 0.1) is 5.52 Å². The fourth-order valence-electron chi connectivity index (χ4n) is 4.04. The minimum absolute atomic E-state index is 0.00482. The molecule has 4 heterocycles. The monoisotopic (exact) mass is 412 g/mol. The molecule has 0 aliphatic carbocycles. The van der Waals surface area contributed by atoms with Crippen molar-refractivity contribution in [2.45, 2.75) is 6.92 Å². The van der Waals surface area contributed by atoms with Crippen LogP contribution in [0.4, 0.5) is 5.82 Å². The molecule has 0 bridgehead atoms. The number of piperazine rings is 1. The van der Waals surface area contributed by atoms with Gasteiger partial charge < -0.3 is 9.80 Å². The maximum atomic E-state index is 12.8. The Labute approximate surface area is 181 Å². The number of hydrogen-bond donors (Lipinski definition) is 0. The Kier molecular flexibility index (Phi) is 4.86. The smallest absolute Gasteiger partial charge is 0.274 e. The Balaban J connectivity index is 1.37. The second-order valence-corrected chi connectivity index (χ2v) is 7.86. The van der Waals surface area contributed by atoms with Gasteiger partial charge in [-0.2, -0.15) is 5.10 Å². The second kappa shape index (κ2) is 7.83. The van der Waals surface area contributed by atoms with Crippen LogP contribution >= 0.6 is 0 Å². The molecule has 0 radical (unpaired) electrons.